The summed E-state index contributed by atoms with van der Waals surface area (Å²) in [5.41, 5.74) is 1.49. The maximum Gasteiger partial charge on any atom is 0.300 e. The van der Waals surface area contributed by atoms with Crippen molar-refractivity contribution in [2.45, 2.75) is 13.0 Å². The van der Waals surface area contributed by atoms with Crippen LogP contribution in [-0.4, -0.2) is 26.8 Å². The van der Waals surface area contributed by atoms with Crippen LogP contribution in [0.1, 0.15) is 22.7 Å². The molecule has 1 atom stereocenters. The monoisotopic (exact) mass is 430 g/mol. The quantitative estimate of drug-likeness (QED) is 0.210. The number of aliphatic hydroxyl groups excluding tert-OH is 1. The standard InChI is InChI=1S/C24H18N2O6/c1-14-5-7-15(8-6-14)22(28)20-21(16-3-2-4-18(13-16)26(31)32)25(24(30)23(20)29)17-9-11-19(27)12-10-17/h2-13,21,27-28H,1H3/t21-/m0/s1. The minimum absolute atomic E-state index is 0.0307. The van der Waals surface area contributed by atoms with Crippen LogP contribution in [0.2, 0.25) is 0 Å². The molecule has 160 valence electrons. The summed E-state index contributed by atoms with van der Waals surface area (Å²) in [7, 11) is 0. The highest BCUT2D eigenvalue weighted by Gasteiger charge is 2.47. The second-order valence-corrected chi connectivity index (χ2v) is 7.40. The van der Waals surface area contributed by atoms with Gasteiger partial charge in [-0.05, 0) is 36.8 Å². The molecule has 0 spiro atoms. The van der Waals surface area contributed by atoms with Crippen LogP contribution in [0.5, 0.6) is 5.75 Å². The second kappa shape index (κ2) is 7.99. The second-order valence-electron chi connectivity index (χ2n) is 7.40. The number of hydrogen-bond donors (Lipinski definition) is 2. The lowest BCUT2D eigenvalue weighted by Gasteiger charge is -2.25. The van der Waals surface area contributed by atoms with Crippen LogP contribution in [-0.2, 0) is 9.59 Å². The van der Waals surface area contributed by atoms with E-state index in [4.69, 9.17) is 0 Å². The molecule has 1 amide bonds. The molecular formula is C24H18N2O6. The molecule has 0 aliphatic carbocycles. The van der Waals surface area contributed by atoms with Gasteiger partial charge in [-0.1, -0.05) is 42.0 Å². The topological polar surface area (TPSA) is 121 Å². The number of carbonyl (C=O) groups is 2. The van der Waals surface area contributed by atoms with Crippen molar-refractivity contribution in [2.24, 2.45) is 0 Å². The van der Waals surface area contributed by atoms with E-state index in [2.05, 4.69) is 0 Å². The van der Waals surface area contributed by atoms with Crippen molar-refractivity contribution in [3.63, 3.8) is 0 Å². The molecule has 1 heterocycles. The fraction of sp³-hybridized carbons (Fsp3) is 0.0833. The fourth-order valence-electron chi connectivity index (χ4n) is 3.70. The predicted octanol–water partition coefficient (Wildman–Crippen LogP) is 4.24. The Kier molecular flexibility index (Phi) is 5.19. The molecule has 4 rings (SSSR count). The van der Waals surface area contributed by atoms with Gasteiger partial charge in [0.1, 0.15) is 11.5 Å². The third-order valence-corrected chi connectivity index (χ3v) is 5.29. The number of aryl methyl sites for hydroxylation is 1. The highest BCUT2D eigenvalue weighted by atomic mass is 16.6. The molecule has 1 fully saturated rings. The number of phenols is 1. The lowest BCUT2D eigenvalue weighted by molar-refractivity contribution is -0.384. The van der Waals surface area contributed by atoms with Gasteiger partial charge < -0.3 is 10.2 Å². The van der Waals surface area contributed by atoms with Gasteiger partial charge in [-0.2, -0.15) is 0 Å². The average Bonchev–Trinajstić information content (AvgIpc) is 3.05. The highest BCUT2D eigenvalue weighted by Crippen LogP contribution is 2.43. The van der Waals surface area contributed by atoms with Crippen molar-refractivity contribution in [3.8, 4) is 5.75 Å². The van der Waals surface area contributed by atoms with Crippen LogP contribution in [0, 0.1) is 17.0 Å². The third kappa shape index (κ3) is 3.58. The van der Waals surface area contributed by atoms with E-state index in [0.29, 0.717) is 16.8 Å². The molecular weight excluding hydrogens is 412 g/mol. The van der Waals surface area contributed by atoms with Gasteiger partial charge in [0.25, 0.3) is 17.4 Å². The number of nitro groups is 1. The van der Waals surface area contributed by atoms with Crippen molar-refractivity contribution in [1.29, 1.82) is 0 Å². The number of aromatic hydroxyl groups is 1. The molecule has 1 aliphatic rings. The van der Waals surface area contributed by atoms with E-state index in [0.717, 1.165) is 5.56 Å². The Morgan fingerprint density at radius 3 is 2.28 bits per heavy atom. The Morgan fingerprint density at radius 1 is 1.00 bits per heavy atom. The minimum atomic E-state index is -1.10. The summed E-state index contributed by atoms with van der Waals surface area (Å²) in [5, 5.41) is 32.0. The van der Waals surface area contributed by atoms with E-state index in [9.17, 15) is 29.9 Å². The van der Waals surface area contributed by atoms with Crippen LogP contribution in [0.25, 0.3) is 5.76 Å². The van der Waals surface area contributed by atoms with Gasteiger partial charge in [0.2, 0.25) is 0 Å². The van der Waals surface area contributed by atoms with Crippen molar-refractivity contribution in [1.82, 2.24) is 0 Å². The highest BCUT2D eigenvalue weighted by molar-refractivity contribution is 6.51. The number of rotatable bonds is 4. The van der Waals surface area contributed by atoms with Crippen LogP contribution in [0.4, 0.5) is 11.4 Å². The SMILES string of the molecule is Cc1ccc(C(O)=C2C(=O)C(=O)N(c3ccc(O)cc3)[C@H]2c2cccc([N+](=O)[O-])c2)cc1. The molecule has 0 aromatic heterocycles. The maximum absolute atomic E-state index is 13.0. The summed E-state index contributed by atoms with van der Waals surface area (Å²) in [5.74, 6) is -2.20. The van der Waals surface area contributed by atoms with E-state index in [1.54, 1.807) is 30.3 Å². The molecule has 0 saturated carbocycles. The molecule has 3 aromatic carbocycles. The first-order valence-corrected chi connectivity index (χ1v) is 9.69. The number of nitro benzene ring substituents is 1. The van der Waals surface area contributed by atoms with E-state index in [1.165, 1.54) is 47.4 Å². The molecule has 2 N–H and O–H groups in total. The van der Waals surface area contributed by atoms with Gasteiger partial charge in [-0.3, -0.25) is 24.6 Å². The number of hydrogen-bond acceptors (Lipinski definition) is 6. The average molecular weight is 430 g/mol. The molecule has 0 unspecified atom stereocenters. The van der Waals surface area contributed by atoms with Gasteiger partial charge >= 0.3 is 0 Å². The molecule has 8 heteroatoms. The first-order chi connectivity index (χ1) is 15.3. The Balaban J connectivity index is 1.96. The zero-order valence-corrected chi connectivity index (χ0v) is 16.9. The normalized spacial score (nSPS) is 17.5. The van der Waals surface area contributed by atoms with E-state index in [1.807, 2.05) is 6.92 Å². The minimum Gasteiger partial charge on any atom is -0.508 e. The number of Topliss-reactive ketones (excluding diaryl/α,β-unsaturated/α-hetero) is 1. The molecule has 32 heavy (non-hydrogen) atoms. The number of phenolic OH excluding ortho intramolecular Hbond substituents is 1. The molecule has 0 bridgehead atoms. The first-order valence-electron chi connectivity index (χ1n) is 9.69. The van der Waals surface area contributed by atoms with Crippen molar-refractivity contribution >= 4 is 28.8 Å². The zero-order chi connectivity index (χ0) is 23.0. The van der Waals surface area contributed by atoms with Crippen LogP contribution in [0.15, 0.2) is 78.4 Å². The summed E-state index contributed by atoms with van der Waals surface area (Å²) < 4.78 is 0. The summed E-state index contributed by atoms with van der Waals surface area (Å²) >= 11 is 0. The number of aliphatic hydroxyl groups is 1. The summed E-state index contributed by atoms with van der Waals surface area (Å²) in [6.07, 6.45) is 0. The third-order valence-electron chi connectivity index (χ3n) is 5.29. The van der Waals surface area contributed by atoms with E-state index in [-0.39, 0.29) is 22.8 Å². The van der Waals surface area contributed by atoms with Gasteiger partial charge in [0, 0.05) is 23.4 Å². The van der Waals surface area contributed by atoms with Gasteiger partial charge in [-0.15, -0.1) is 0 Å². The molecule has 1 saturated heterocycles. The van der Waals surface area contributed by atoms with E-state index < -0.39 is 22.7 Å². The Labute approximate surface area is 182 Å². The van der Waals surface area contributed by atoms with Crippen LogP contribution in [0.3, 0.4) is 0 Å². The van der Waals surface area contributed by atoms with Crippen LogP contribution >= 0.6 is 0 Å². The molecule has 3 aromatic rings. The van der Waals surface area contributed by atoms with Gasteiger partial charge in [0.05, 0.1) is 16.5 Å². The fourth-order valence-corrected chi connectivity index (χ4v) is 3.70. The predicted molar refractivity (Wildman–Crippen MR) is 117 cm³/mol. The molecule has 1 aliphatic heterocycles. The Bertz CT molecular complexity index is 1260. The van der Waals surface area contributed by atoms with Gasteiger partial charge in [0.15, 0.2) is 0 Å². The van der Waals surface area contributed by atoms with Gasteiger partial charge in [-0.25, -0.2) is 0 Å². The lowest BCUT2D eigenvalue weighted by atomic mass is 9.94. The summed E-state index contributed by atoms with van der Waals surface area (Å²) in [6.45, 7) is 1.87. The number of carbonyl (C=O) groups excluding carboxylic acids is 2. The smallest absolute Gasteiger partial charge is 0.300 e. The molecule has 0 radical (unpaired) electrons. The Morgan fingerprint density at radius 2 is 1.66 bits per heavy atom. The number of nitrogens with zero attached hydrogens (tertiary/aromatic N) is 2. The molecule has 8 nitrogen and oxygen atoms in total. The summed E-state index contributed by atoms with van der Waals surface area (Å²) in [4.78, 5) is 38.0. The van der Waals surface area contributed by atoms with Crippen molar-refractivity contribution < 1.29 is 24.7 Å². The number of amides is 1. The summed E-state index contributed by atoms with van der Waals surface area (Å²) in [6, 6.07) is 16.9. The lowest BCUT2D eigenvalue weighted by Crippen LogP contribution is -2.29. The number of ketones is 1. The number of anilines is 1. The Hall–Kier alpha value is -4.46. The van der Waals surface area contributed by atoms with Crippen molar-refractivity contribution in [3.05, 3.63) is 105 Å². The van der Waals surface area contributed by atoms with Crippen molar-refractivity contribution in [2.75, 3.05) is 4.90 Å². The zero-order valence-electron chi connectivity index (χ0n) is 16.9. The van der Waals surface area contributed by atoms with Crippen LogP contribution < -0.4 is 4.90 Å². The number of non-ortho nitro benzene ring substituents is 1. The maximum atomic E-state index is 13.0. The van der Waals surface area contributed by atoms with E-state index >= 15 is 0 Å². The first kappa shape index (κ1) is 20.8. The number of benzene rings is 3. The largest absolute Gasteiger partial charge is 0.508 e.